The molecule has 0 saturated carbocycles. The fourth-order valence-electron chi connectivity index (χ4n) is 1.64. The third-order valence-electron chi connectivity index (χ3n) is 2.66. The van der Waals surface area contributed by atoms with E-state index in [9.17, 15) is 13.2 Å². The Kier molecular flexibility index (Phi) is 4.08. The van der Waals surface area contributed by atoms with Crippen molar-refractivity contribution in [1.82, 2.24) is 0 Å². The highest BCUT2D eigenvalue weighted by Gasteiger charge is 2.37. The van der Waals surface area contributed by atoms with Crippen LogP contribution in [0.1, 0.15) is 11.1 Å². The molecule has 0 aliphatic carbocycles. The molecular weight excluding hydrogens is 265 g/mol. The Morgan fingerprint density at radius 1 is 0.950 bits per heavy atom. The molecule has 0 radical (unpaired) electrons. The van der Waals surface area contributed by atoms with Crippen LogP contribution in [0.15, 0.2) is 59.7 Å². The highest BCUT2D eigenvalue weighted by Crippen LogP contribution is 2.23. The Morgan fingerprint density at radius 3 is 2.10 bits per heavy atom. The molecule has 0 aliphatic heterocycles. The molecule has 2 aromatic carbocycles. The average molecular weight is 278 g/mol. The topological polar surface area (TPSA) is 24.4 Å². The lowest BCUT2D eigenvalue weighted by Gasteiger charge is -2.11. The van der Waals surface area contributed by atoms with E-state index in [1.54, 1.807) is 42.5 Å². The molecular formula is C15H13F3N2. The van der Waals surface area contributed by atoms with E-state index in [1.165, 1.54) is 12.1 Å². The van der Waals surface area contributed by atoms with Gasteiger partial charge in [-0.2, -0.15) is 18.3 Å². The lowest BCUT2D eigenvalue weighted by atomic mass is 10.1. The maximum absolute atomic E-state index is 13.0. The van der Waals surface area contributed by atoms with Gasteiger partial charge in [0.05, 0.1) is 5.69 Å². The van der Waals surface area contributed by atoms with Gasteiger partial charge in [0.15, 0.2) is 5.71 Å². The number of rotatable bonds is 3. The molecule has 20 heavy (non-hydrogen) atoms. The summed E-state index contributed by atoms with van der Waals surface area (Å²) in [5.74, 6) is 0. The summed E-state index contributed by atoms with van der Waals surface area (Å²) >= 11 is 0. The summed E-state index contributed by atoms with van der Waals surface area (Å²) in [4.78, 5) is 0. The van der Waals surface area contributed by atoms with Crippen molar-refractivity contribution in [2.24, 2.45) is 5.10 Å². The Balaban J connectivity index is 2.28. The highest BCUT2D eigenvalue weighted by atomic mass is 19.4. The number of aryl methyl sites for hydroxylation is 1. The van der Waals surface area contributed by atoms with Gasteiger partial charge in [0.2, 0.25) is 0 Å². The minimum absolute atomic E-state index is 0.0274. The van der Waals surface area contributed by atoms with Crippen LogP contribution in [0.5, 0.6) is 0 Å². The minimum atomic E-state index is -4.51. The van der Waals surface area contributed by atoms with Gasteiger partial charge < -0.3 is 0 Å². The fraction of sp³-hybridized carbons (Fsp3) is 0.133. The average Bonchev–Trinajstić information content (AvgIpc) is 2.41. The van der Waals surface area contributed by atoms with Crippen LogP contribution >= 0.6 is 0 Å². The van der Waals surface area contributed by atoms with Crippen molar-refractivity contribution in [3.05, 3.63) is 65.7 Å². The molecule has 0 fully saturated rings. The molecule has 2 aromatic rings. The molecule has 0 bridgehead atoms. The summed E-state index contributed by atoms with van der Waals surface area (Å²) in [6, 6.07) is 14.5. The predicted octanol–water partition coefficient (Wildman–Crippen LogP) is 4.37. The van der Waals surface area contributed by atoms with Gasteiger partial charge in [-0.15, -0.1) is 0 Å². The highest BCUT2D eigenvalue weighted by molar-refractivity contribution is 6.04. The molecule has 2 nitrogen and oxygen atoms in total. The molecule has 0 unspecified atom stereocenters. The SMILES string of the molecule is Cc1ccc(N/N=C(/c2ccccc2)C(F)(F)F)cc1. The third kappa shape index (κ3) is 3.60. The van der Waals surface area contributed by atoms with E-state index in [4.69, 9.17) is 0 Å². The van der Waals surface area contributed by atoms with E-state index in [1.807, 2.05) is 6.92 Å². The van der Waals surface area contributed by atoms with Gasteiger partial charge in [-0.3, -0.25) is 5.43 Å². The van der Waals surface area contributed by atoms with Crippen LogP contribution in [0, 0.1) is 6.92 Å². The van der Waals surface area contributed by atoms with E-state index in [2.05, 4.69) is 10.5 Å². The van der Waals surface area contributed by atoms with Gasteiger partial charge in [-0.1, -0.05) is 48.0 Å². The second-order valence-corrected chi connectivity index (χ2v) is 4.30. The van der Waals surface area contributed by atoms with Gasteiger partial charge >= 0.3 is 6.18 Å². The van der Waals surface area contributed by atoms with Crippen LogP contribution in [0.2, 0.25) is 0 Å². The lowest BCUT2D eigenvalue weighted by Crippen LogP contribution is -2.25. The molecule has 0 saturated heterocycles. The molecule has 104 valence electrons. The summed E-state index contributed by atoms with van der Waals surface area (Å²) < 4.78 is 39.0. The fourth-order valence-corrected chi connectivity index (χ4v) is 1.64. The molecule has 5 heteroatoms. The molecule has 0 aromatic heterocycles. The van der Waals surface area contributed by atoms with Crippen LogP contribution in [0.25, 0.3) is 0 Å². The molecule has 0 heterocycles. The van der Waals surface area contributed by atoms with Gasteiger partial charge in [0.25, 0.3) is 0 Å². The Hall–Kier alpha value is -2.30. The zero-order valence-corrected chi connectivity index (χ0v) is 10.8. The van der Waals surface area contributed by atoms with Crippen molar-refractivity contribution < 1.29 is 13.2 Å². The van der Waals surface area contributed by atoms with Crippen molar-refractivity contribution in [2.45, 2.75) is 13.1 Å². The number of halogens is 3. The van der Waals surface area contributed by atoms with Crippen molar-refractivity contribution >= 4 is 11.4 Å². The van der Waals surface area contributed by atoms with Crippen LogP contribution in [0.4, 0.5) is 18.9 Å². The summed E-state index contributed by atoms with van der Waals surface area (Å²) in [6.45, 7) is 1.90. The van der Waals surface area contributed by atoms with Crippen LogP contribution in [0.3, 0.4) is 0 Å². The first-order chi connectivity index (χ1) is 9.47. The van der Waals surface area contributed by atoms with Crippen LogP contribution in [-0.2, 0) is 0 Å². The standard InChI is InChI=1S/C15H13F3N2/c1-11-7-9-13(10-8-11)19-20-14(15(16,17)18)12-5-3-2-4-6-12/h2-10,19H,1H3/b20-14-. The number of nitrogens with zero attached hydrogens (tertiary/aromatic N) is 1. The van der Waals surface area contributed by atoms with Gasteiger partial charge in [0, 0.05) is 5.56 Å². The molecule has 0 amide bonds. The van der Waals surface area contributed by atoms with Crippen LogP contribution in [-0.4, -0.2) is 11.9 Å². The number of hydrazone groups is 1. The molecule has 0 aliphatic rings. The van der Waals surface area contributed by atoms with Crippen molar-refractivity contribution in [2.75, 3.05) is 5.43 Å². The number of hydrogen-bond acceptors (Lipinski definition) is 2. The van der Waals surface area contributed by atoms with Gasteiger partial charge in [0.1, 0.15) is 0 Å². The summed E-state index contributed by atoms with van der Waals surface area (Å²) in [5.41, 5.74) is 3.06. The second kappa shape index (κ2) is 5.77. The Morgan fingerprint density at radius 2 is 1.55 bits per heavy atom. The molecule has 0 atom stereocenters. The van der Waals surface area contributed by atoms with Gasteiger partial charge in [-0.25, -0.2) is 0 Å². The molecule has 0 spiro atoms. The first kappa shape index (κ1) is 14.1. The van der Waals surface area contributed by atoms with E-state index in [-0.39, 0.29) is 5.56 Å². The Labute approximate surface area is 114 Å². The lowest BCUT2D eigenvalue weighted by molar-refractivity contribution is -0.0581. The smallest absolute Gasteiger partial charge is 0.278 e. The summed E-state index contributed by atoms with van der Waals surface area (Å²) in [6.07, 6.45) is -4.51. The maximum Gasteiger partial charge on any atom is 0.435 e. The van der Waals surface area contributed by atoms with Crippen molar-refractivity contribution in [1.29, 1.82) is 0 Å². The monoisotopic (exact) mass is 278 g/mol. The normalized spacial score (nSPS) is 12.3. The van der Waals surface area contributed by atoms with E-state index in [0.717, 1.165) is 5.56 Å². The number of anilines is 1. The quantitative estimate of drug-likeness (QED) is 0.654. The number of alkyl halides is 3. The Bertz CT molecular complexity index is 587. The predicted molar refractivity (Wildman–Crippen MR) is 73.8 cm³/mol. The second-order valence-electron chi connectivity index (χ2n) is 4.30. The number of benzene rings is 2. The largest absolute Gasteiger partial charge is 0.435 e. The van der Waals surface area contributed by atoms with E-state index >= 15 is 0 Å². The van der Waals surface area contributed by atoms with Crippen molar-refractivity contribution in [3.8, 4) is 0 Å². The first-order valence-corrected chi connectivity index (χ1v) is 6.00. The van der Waals surface area contributed by atoms with Crippen molar-refractivity contribution in [3.63, 3.8) is 0 Å². The zero-order chi connectivity index (χ0) is 14.6. The van der Waals surface area contributed by atoms with E-state index < -0.39 is 11.9 Å². The van der Waals surface area contributed by atoms with Crippen LogP contribution < -0.4 is 5.43 Å². The minimum Gasteiger partial charge on any atom is -0.278 e. The first-order valence-electron chi connectivity index (χ1n) is 6.00. The molecule has 2 rings (SSSR count). The van der Waals surface area contributed by atoms with Gasteiger partial charge in [-0.05, 0) is 19.1 Å². The molecule has 1 N–H and O–H groups in total. The summed E-state index contributed by atoms with van der Waals surface area (Å²) in [5, 5.41) is 3.51. The van der Waals surface area contributed by atoms with E-state index in [0.29, 0.717) is 5.69 Å². The summed E-state index contributed by atoms with van der Waals surface area (Å²) in [7, 11) is 0. The zero-order valence-electron chi connectivity index (χ0n) is 10.8. The number of nitrogens with one attached hydrogen (secondary N) is 1. The maximum atomic E-state index is 13.0. The number of hydrogen-bond donors (Lipinski definition) is 1. The third-order valence-corrected chi connectivity index (χ3v) is 2.66.